The fourth-order valence-electron chi connectivity index (χ4n) is 4.11. The zero-order valence-corrected chi connectivity index (χ0v) is 18.4. The number of methoxy groups -OCH3 is 1. The number of halogens is 2. The van der Waals surface area contributed by atoms with Crippen LogP contribution < -0.4 is 20.7 Å². The van der Waals surface area contributed by atoms with Crippen LogP contribution in [0.15, 0.2) is 18.3 Å². The maximum atomic E-state index is 15.2. The van der Waals surface area contributed by atoms with Gasteiger partial charge in [-0.05, 0) is 31.9 Å². The van der Waals surface area contributed by atoms with E-state index in [4.69, 9.17) is 4.74 Å². The fourth-order valence-corrected chi connectivity index (χ4v) is 4.11. The number of anilines is 1. The zero-order chi connectivity index (χ0) is 23.1. The average molecular weight is 457 g/mol. The number of ether oxygens (including phenoxy) is 1. The molecule has 3 aromatic rings. The van der Waals surface area contributed by atoms with Gasteiger partial charge in [0.15, 0.2) is 11.5 Å². The Morgan fingerprint density at radius 2 is 2.12 bits per heavy atom. The lowest BCUT2D eigenvalue weighted by Crippen LogP contribution is -2.46. The molecule has 1 amide bonds. The van der Waals surface area contributed by atoms with E-state index in [1.165, 1.54) is 17.8 Å². The molecule has 1 aliphatic carbocycles. The molecule has 1 saturated carbocycles. The van der Waals surface area contributed by atoms with Crippen LogP contribution in [0.3, 0.4) is 0 Å². The number of hydrogen-bond acceptors (Lipinski definition) is 7. The zero-order valence-electron chi connectivity index (χ0n) is 18.4. The molecule has 9 nitrogen and oxygen atoms in total. The smallest absolute Gasteiger partial charge is 0.254 e. The summed E-state index contributed by atoms with van der Waals surface area (Å²) >= 11 is 0. The molecule has 2 fully saturated rings. The van der Waals surface area contributed by atoms with E-state index in [-0.39, 0.29) is 17.1 Å². The van der Waals surface area contributed by atoms with Crippen molar-refractivity contribution < 1.29 is 18.3 Å². The van der Waals surface area contributed by atoms with Gasteiger partial charge in [-0.15, -0.1) is 0 Å². The Hall–Kier alpha value is -3.34. The Balaban J connectivity index is 1.61. The van der Waals surface area contributed by atoms with Crippen LogP contribution in [0.4, 0.5) is 14.6 Å². The number of aromatic nitrogens is 4. The number of amides is 1. The third-order valence-corrected chi connectivity index (χ3v) is 6.08. The third-order valence-electron chi connectivity index (χ3n) is 6.08. The molecule has 1 aliphatic heterocycles. The predicted octanol–water partition coefficient (Wildman–Crippen LogP) is 2.29. The monoisotopic (exact) mass is 457 g/mol. The lowest BCUT2D eigenvalue weighted by molar-refractivity contribution is 0.0963. The topological polar surface area (TPSA) is 105 Å². The summed E-state index contributed by atoms with van der Waals surface area (Å²) in [6, 6.07) is 2.28. The van der Waals surface area contributed by atoms with Crippen molar-refractivity contribution in [3.63, 3.8) is 0 Å². The van der Waals surface area contributed by atoms with E-state index in [9.17, 15) is 9.18 Å². The Morgan fingerprint density at radius 1 is 1.30 bits per heavy atom. The molecule has 5 rings (SSSR count). The number of hydrogen-bond donors (Lipinski definition) is 3. The van der Waals surface area contributed by atoms with Gasteiger partial charge in [-0.1, -0.05) is 0 Å². The van der Waals surface area contributed by atoms with Crippen molar-refractivity contribution in [2.45, 2.75) is 37.4 Å². The molecule has 4 heterocycles. The van der Waals surface area contributed by atoms with Gasteiger partial charge in [0, 0.05) is 25.6 Å². The number of rotatable bonds is 6. The first-order chi connectivity index (χ1) is 16.0. The second kappa shape index (κ2) is 8.54. The standard InChI is InChI=1S/C22H25F2N7O2/c1-25-22(32)12-7-14(24)20(29-21(12)28-15-9-26-6-5-13(15)23)16-10-27-18-8-17(33-2)19(11-3-4-11)30-31(16)18/h7-8,10-11,13,15,26H,3-6,9H2,1-2H3,(H,25,32)(H,28,29). The van der Waals surface area contributed by atoms with Crippen LogP contribution in [0.25, 0.3) is 17.0 Å². The normalized spacial score (nSPS) is 20.6. The second-order valence-electron chi connectivity index (χ2n) is 8.34. The minimum absolute atomic E-state index is 0.00126. The van der Waals surface area contributed by atoms with E-state index in [0.29, 0.717) is 42.5 Å². The summed E-state index contributed by atoms with van der Waals surface area (Å²) in [6.07, 6.45) is 2.72. The van der Waals surface area contributed by atoms with E-state index in [2.05, 4.69) is 31.0 Å². The number of piperidine rings is 1. The van der Waals surface area contributed by atoms with Crippen LogP contribution >= 0.6 is 0 Å². The predicted molar refractivity (Wildman–Crippen MR) is 118 cm³/mol. The van der Waals surface area contributed by atoms with Gasteiger partial charge in [0.25, 0.3) is 5.91 Å². The quantitative estimate of drug-likeness (QED) is 0.522. The number of carbonyl (C=O) groups is 1. The van der Waals surface area contributed by atoms with Crippen LogP contribution in [0.1, 0.15) is 41.2 Å². The van der Waals surface area contributed by atoms with E-state index < -0.39 is 23.9 Å². The van der Waals surface area contributed by atoms with E-state index in [1.807, 2.05) is 0 Å². The highest BCUT2D eigenvalue weighted by Crippen LogP contribution is 2.43. The number of pyridine rings is 1. The first kappa shape index (κ1) is 21.5. The Bertz CT molecular complexity index is 1210. The Kier molecular flexibility index (Phi) is 5.57. The minimum Gasteiger partial charge on any atom is -0.495 e. The van der Waals surface area contributed by atoms with Crippen molar-refractivity contribution in [3.05, 3.63) is 35.4 Å². The van der Waals surface area contributed by atoms with Crippen molar-refractivity contribution in [2.75, 3.05) is 32.6 Å². The summed E-state index contributed by atoms with van der Waals surface area (Å²) in [6.45, 7) is 0.939. The van der Waals surface area contributed by atoms with Crippen molar-refractivity contribution in [3.8, 4) is 17.1 Å². The molecule has 2 atom stereocenters. The van der Waals surface area contributed by atoms with E-state index >= 15 is 4.39 Å². The molecule has 0 radical (unpaired) electrons. The van der Waals surface area contributed by atoms with Gasteiger partial charge < -0.3 is 20.7 Å². The Morgan fingerprint density at radius 3 is 2.82 bits per heavy atom. The van der Waals surface area contributed by atoms with Crippen molar-refractivity contribution in [1.29, 1.82) is 0 Å². The fraction of sp³-hybridized carbons (Fsp3) is 0.455. The largest absolute Gasteiger partial charge is 0.495 e. The number of alkyl halides is 1. The van der Waals surface area contributed by atoms with Crippen molar-refractivity contribution in [2.24, 2.45) is 0 Å². The molecule has 174 valence electrons. The highest BCUT2D eigenvalue weighted by molar-refractivity contribution is 5.99. The molecule has 1 saturated heterocycles. The summed E-state index contributed by atoms with van der Waals surface area (Å²) < 4.78 is 36.7. The molecule has 3 N–H and O–H groups in total. The van der Waals surface area contributed by atoms with E-state index in [0.717, 1.165) is 24.6 Å². The first-order valence-corrected chi connectivity index (χ1v) is 11.0. The van der Waals surface area contributed by atoms with Gasteiger partial charge in [0.2, 0.25) is 0 Å². The lowest BCUT2D eigenvalue weighted by atomic mass is 10.0. The van der Waals surface area contributed by atoms with Gasteiger partial charge in [-0.3, -0.25) is 4.79 Å². The summed E-state index contributed by atoms with van der Waals surface area (Å²) in [5.41, 5.74) is 1.57. The van der Waals surface area contributed by atoms with Gasteiger partial charge >= 0.3 is 0 Å². The third kappa shape index (κ3) is 3.97. The van der Waals surface area contributed by atoms with Crippen LogP contribution in [0.5, 0.6) is 5.75 Å². The molecule has 33 heavy (non-hydrogen) atoms. The number of nitrogens with zero attached hydrogens (tertiary/aromatic N) is 4. The second-order valence-corrected chi connectivity index (χ2v) is 8.34. The highest BCUT2D eigenvalue weighted by atomic mass is 19.1. The lowest BCUT2D eigenvalue weighted by Gasteiger charge is -2.28. The molecular weight excluding hydrogens is 432 g/mol. The number of carbonyl (C=O) groups excluding carboxylic acids is 1. The number of imidazole rings is 1. The average Bonchev–Trinajstić information content (AvgIpc) is 3.59. The molecule has 0 bridgehead atoms. The van der Waals surface area contributed by atoms with Crippen molar-refractivity contribution >= 4 is 17.4 Å². The number of nitrogens with one attached hydrogen (secondary N) is 3. The summed E-state index contributed by atoms with van der Waals surface area (Å²) in [4.78, 5) is 21.2. The Labute approximate surface area is 188 Å². The van der Waals surface area contributed by atoms with Gasteiger partial charge in [0.1, 0.15) is 34.8 Å². The molecule has 2 unspecified atom stereocenters. The summed E-state index contributed by atoms with van der Waals surface area (Å²) in [5.74, 6) is -0.179. The molecule has 2 aliphatic rings. The van der Waals surface area contributed by atoms with Crippen LogP contribution in [-0.2, 0) is 0 Å². The van der Waals surface area contributed by atoms with Gasteiger partial charge in [-0.2, -0.15) is 5.10 Å². The van der Waals surface area contributed by atoms with Crippen LogP contribution in [0, 0.1) is 5.82 Å². The summed E-state index contributed by atoms with van der Waals surface area (Å²) in [7, 11) is 3.03. The maximum absolute atomic E-state index is 15.2. The summed E-state index contributed by atoms with van der Waals surface area (Å²) in [5, 5.41) is 13.3. The van der Waals surface area contributed by atoms with Crippen LogP contribution in [-0.4, -0.2) is 64.9 Å². The highest BCUT2D eigenvalue weighted by Gasteiger charge is 2.31. The SMILES string of the molecule is CNC(=O)c1cc(F)c(-c2cnc3cc(OC)c(C4CC4)nn23)nc1NC1CNCCC1F. The molecule has 0 aromatic carbocycles. The minimum atomic E-state index is -1.12. The number of fused-ring (bicyclic) bond motifs is 1. The molecule has 0 spiro atoms. The maximum Gasteiger partial charge on any atom is 0.254 e. The molecule has 3 aromatic heterocycles. The van der Waals surface area contributed by atoms with Crippen molar-refractivity contribution in [1.82, 2.24) is 30.2 Å². The molecule has 11 heteroatoms. The van der Waals surface area contributed by atoms with Gasteiger partial charge in [0.05, 0.1) is 24.9 Å². The molecular formula is C22H25F2N7O2. The van der Waals surface area contributed by atoms with Gasteiger partial charge in [-0.25, -0.2) is 23.3 Å². The van der Waals surface area contributed by atoms with E-state index in [1.54, 1.807) is 13.2 Å². The first-order valence-electron chi connectivity index (χ1n) is 11.0. The van der Waals surface area contributed by atoms with Crippen LogP contribution in [0.2, 0.25) is 0 Å².